The maximum absolute atomic E-state index is 11.3. The van der Waals surface area contributed by atoms with Gasteiger partial charge in [-0.25, -0.2) is 0 Å². The second-order valence-corrected chi connectivity index (χ2v) is 3.00. The molecule has 14 heavy (non-hydrogen) atoms. The molecule has 1 aliphatic heterocycles. The summed E-state index contributed by atoms with van der Waals surface area (Å²) in [6, 6.07) is -0.355. The molecule has 0 spiro atoms. The molecule has 0 aliphatic carbocycles. The zero-order valence-corrected chi connectivity index (χ0v) is 8.62. The number of rotatable bonds is 4. The van der Waals surface area contributed by atoms with Gasteiger partial charge in [0.25, 0.3) is 0 Å². The van der Waals surface area contributed by atoms with E-state index in [1.54, 1.807) is 6.92 Å². The number of hydrogen-bond acceptors (Lipinski definition) is 5. The third kappa shape index (κ3) is 3.25. The van der Waals surface area contributed by atoms with E-state index in [0.717, 1.165) is 0 Å². The average Bonchev–Trinajstić information content (AvgIpc) is 2.20. The fraction of sp³-hybridized carbons (Fsp3) is 0.889. The van der Waals surface area contributed by atoms with E-state index >= 15 is 0 Å². The Balaban J connectivity index is 2.24. The van der Waals surface area contributed by atoms with Crippen molar-refractivity contribution >= 4 is 5.97 Å². The van der Waals surface area contributed by atoms with E-state index in [4.69, 9.17) is 14.3 Å². The molecule has 0 radical (unpaired) electrons. The van der Waals surface area contributed by atoms with Crippen molar-refractivity contribution in [1.82, 2.24) is 5.48 Å². The summed E-state index contributed by atoms with van der Waals surface area (Å²) >= 11 is 0. The van der Waals surface area contributed by atoms with E-state index in [9.17, 15) is 4.79 Å². The maximum Gasteiger partial charge on any atom is 0.325 e. The molecular formula is C9H17NO4. The van der Waals surface area contributed by atoms with E-state index in [1.807, 2.05) is 6.92 Å². The molecule has 1 heterocycles. The van der Waals surface area contributed by atoms with Gasteiger partial charge in [-0.05, 0) is 20.3 Å². The van der Waals surface area contributed by atoms with Crippen molar-refractivity contribution < 1.29 is 19.1 Å². The second-order valence-electron chi connectivity index (χ2n) is 3.00. The summed E-state index contributed by atoms with van der Waals surface area (Å²) in [5, 5.41) is 0. The predicted molar refractivity (Wildman–Crippen MR) is 49.3 cm³/mol. The van der Waals surface area contributed by atoms with Gasteiger partial charge in [-0.2, -0.15) is 5.48 Å². The van der Waals surface area contributed by atoms with Crippen LogP contribution in [0.25, 0.3) is 0 Å². The minimum Gasteiger partial charge on any atom is -0.465 e. The second kappa shape index (κ2) is 5.95. The minimum absolute atomic E-state index is 0.245. The molecule has 0 aromatic carbocycles. The quantitative estimate of drug-likeness (QED) is 0.678. The predicted octanol–water partition coefficient (Wildman–Crippen LogP) is 0.596. The number of carbonyl (C=O) groups excluding carboxylic acids is 1. The van der Waals surface area contributed by atoms with E-state index in [1.165, 1.54) is 0 Å². The summed E-state index contributed by atoms with van der Waals surface area (Å²) < 4.78 is 10.1. The first-order valence-corrected chi connectivity index (χ1v) is 4.97. The van der Waals surface area contributed by atoms with Crippen LogP contribution in [0.15, 0.2) is 0 Å². The smallest absolute Gasteiger partial charge is 0.325 e. The normalized spacial score (nSPS) is 27.3. The molecule has 0 unspecified atom stereocenters. The van der Waals surface area contributed by atoms with Crippen LogP contribution in [0.3, 0.4) is 0 Å². The Labute approximate surface area is 83.7 Å². The Kier molecular flexibility index (Phi) is 4.86. The van der Waals surface area contributed by atoms with Crippen LogP contribution in [0, 0.1) is 0 Å². The molecule has 1 N–H and O–H groups in total. The van der Waals surface area contributed by atoms with Gasteiger partial charge in [-0.15, -0.1) is 0 Å². The monoisotopic (exact) mass is 203 g/mol. The summed E-state index contributed by atoms with van der Waals surface area (Å²) in [6.07, 6.45) is 1.15. The van der Waals surface area contributed by atoms with Crippen LogP contribution < -0.4 is 5.48 Å². The van der Waals surface area contributed by atoms with E-state index in [0.29, 0.717) is 26.1 Å². The lowest BCUT2D eigenvalue weighted by atomic mass is 10.1. The molecular weight excluding hydrogens is 186 g/mol. The van der Waals surface area contributed by atoms with Crippen molar-refractivity contribution in [3.63, 3.8) is 0 Å². The first-order chi connectivity index (χ1) is 6.77. The van der Waals surface area contributed by atoms with E-state index in [-0.39, 0.29) is 18.3 Å². The molecule has 0 amide bonds. The lowest BCUT2D eigenvalue weighted by Crippen LogP contribution is -2.45. The Bertz CT molecular complexity index is 178. The SMILES string of the molecule is CCOC(=O)[C@H]1CC[C@H](OCC)ON1. The Morgan fingerprint density at radius 2 is 2.21 bits per heavy atom. The van der Waals surface area contributed by atoms with Crippen molar-refractivity contribution in [2.45, 2.75) is 39.0 Å². The molecule has 1 saturated heterocycles. The van der Waals surface area contributed by atoms with Gasteiger partial charge in [0.05, 0.1) is 6.61 Å². The highest BCUT2D eigenvalue weighted by atomic mass is 16.8. The third-order valence-electron chi connectivity index (χ3n) is 1.96. The van der Waals surface area contributed by atoms with Gasteiger partial charge in [0, 0.05) is 13.0 Å². The van der Waals surface area contributed by atoms with Crippen molar-refractivity contribution in [1.29, 1.82) is 0 Å². The van der Waals surface area contributed by atoms with Crippen LogP contribution in [0.5, 0.6) is 0 Å². The summed E-state index contributed by atoms with van der Waals surface area (Å²) in [6.45, 7) is 4.69. The van der Waals surface area contributed by atoms with Gasteiger partial charge in [-0.1, -0.05) is 0 Å². The Morgan fingerprint density at radius 1 is 1.43 bits per heavy atom. The lowest BCUT2D eigenvalue weighted by Gasteiger charge is -2.27. The van der Waals surface area contributed by atoms with Crippen LogP contribution >= 0.6 is 0 Å². The highest BCUT2D eigenvalue weighted by molar-refractivity contribution is 5.75. The van der Waals surface area contributed by atoms with Crippen LogP contribution in [0.4, 0.5) is 0 Å². The number of ether oxygens (including phenoxy) is 2. The van der Waals surface area contributed by atoms with Crippen molar-refractivity contribution in [2.24, 2.45) is 0 Å². The molecule has 5 nitrogen and oxygen atoms in total. The maximum atomic E-state index is 11.3. The van der Waals surface area contributed by atoms with Crippen molar-refractivity contribution in [3.05, 3.63) is 0 Å². The number of hydroxylamine groups is 1. The van der Waals surface area contributed by atoms with Crippen LogP contribution in [-0.4, -0.2) is 31.5 Å². The zero-order chi connectivity index (χ0) is 10.4. The third-order valence-corrected chi connectivity index (χ3v) is 1.96. The van der Waals surface area contributed by atoms with Crippen molar-refractivity contribution in [3.8, 4) is 0 Å². The van der Waals surface area contributed by atoms with Gasteiger partial charge in [0.1, 0.15) is 6.04 Å². The highest BCUT2D eigenvalue weighted by Gasteiger charge is 2.27. The topological polar surface area (TPSA) is 56.8 Å². The fourth-order valence-corrected chi connectivity index (χ4v) is 1.29. The number of esters is 1. The summed E-state index contributed by atoms with van der Waals surface area (Å²) in [5.41, 5.74) is 2.64. The van der Waals surface area contributed by atoms with Gasteiger partial charge in [0.2, 0.25) is 0 Å². The first kappa shape index (κ1) is 11.4. The lowest BCUT2D eigenvalue weighted by molar-refractivity contribution is -0.214. The van der Waals surface area contributed by atoms with Gasteiger partial charge in [0.15, 0.2) is 6.29 Å². The number of carbonyl (C=O) groups is 1. The van der Waals surface area contributed by atoms with E-state index < -0.39 is 0 Å². The molecule has 0 aromatic rings. The molecule has 1 fully saturated rings. The van der Waals surface area contributed by atoms with E-state index in [2.05, 4.69) is 5.48 Å². The molecule has 0 saturated carbocycles. The highest BCUT2D eigenvalue weighted by Crippen LogP contribution is 2.13. The number of hydrogen-bond donors (Lipinski definition) is 1. The average molecular weight is 203 g/mol. The molecule has 82 valence electrons. The molecule has 1 rings (SSSR count). The molecule has 1 aliphatic rings. The summed E-state index contributed by atoms with van der Waals surface area (Å²) in [4.78, 5) is 16.4. The van der Waals surface area contributed by atoms with Gasteiger partial charge in [-0.3, -0.25) is 9.63 Å². The Morgan fingerprint density at radius 3 is 2.71 bits per heavy atom. The zero-order valence-electron chi connectivity index (χ0n) is 8.62. The fourth-order valence-electron chi connectivity index (χ4n) is 1.29. The molecule has 5 heteroatoms. The van der Waals surface area contributed by atoms with Crippen LogP contribution in [0.2, 0.25) is 0 Å². The van der Waals surface area contributed by atoms with Gasteiger partial charge >= 0.3 is 5.97 Å². The van der Waals surface area contributed by atoms with Crippen LogP contribution in [0.1, 0.15) is 26.7 Å². The largest absolute Gasteiger partial charge is 0.465 e. The summed E-state index contributed by atoms with van der Waals surface area (Å²) in [7, 11) is 0. The molecule has 0 bridgehead atoms. The van der Waals surface area contributed by atoms with Crippen LogP contribution in [-0.2, 0) is 19.1 Å². The Hall–Kier alpha value is -0.650. The number of nitrogens with one attached hydrogen (secondary N) is 1. The standard InChI is InChI=1S/C9H17NO4/c1-3-12-8-6-5-7(10-14-8)9(11)13-4-2/h7-8,10H,3-6H2,1-2H3/t7-,8-/m1/s1. The summed E-state index contributed by atoms with van der Waals surface area (Å²) in [5.74, 6) is -0.262. The minimum atomic E-state index is -0.355. The molecule has 2 atom stereocenters. The molecule has 0 aromatic heterocycles. The van der Waals surface area contributed by atoms with Crippen molar-refractivity contribution in [2.75, 3.05) is 13.2 Å². The van der Waals surface area contributed by atoms with Gasteiger partial charge < -0.3 is 9.47 Å². The first-order valence-electron chi connectivity index (χ1n) is 4.97.